The van der Waals surface area contributed by atoms with Gasteiger partial charge in [0.1, 0.15) is 0 Å². The first-order chi connectivity index (χ1) is 13.7. The molecule has 4 heteroatoms. The number of rotatable bonds is 6. The summed E-state index contributed by atoms with van der Waals surface area (Å²) >= 11 is 0. The zero-order chi connectivity index (χ0) is 19.3. The predicted octanol–water partition coefficient (Wildman–Crippen LogP) is 4.27. The van der Waals surface area contributed by atoms with Crippen LogP contribution < -0.4 is 5.32 Å². The molecule has 1 fully saturated rings. The highest BCUT2D eigenvalue weighted by Gasteiger charge is 2.17. The molecule has 4 rings (SSSR count). The molecule has 0 radical (unpaired) electrons. The quantitative estimate of drug-likeness (QED) is 0.761. The van der Waals surface area contributed by atoms with Crippen molar-refractivity contribution >= 4 is 5.91 Å². The van der Waals surface area contributed by atoms with Gasteiger partial charge in [-0.2, -0.15) is 0 Å². The zero-order valence-corrected chi connectivity index (χ0v) is 17.2. The van der Waals surface area contributed by atoms with Crippen LogP contribution in [0.4, 0.5) is 0 Å². The van der Waals surface area contributed by atoms with E-state index < -0.39 is 0 Å². The molecule has 1 aromatic heterocycles. The van der Waals surface area contributed by atoms with Gasteiger partial charge in [0.05, 0.1) is 0 Å². The molecule has 0 unspecified atom stereocenters. The molecule has 2 aromatic rings. The summed E-state index contributed by atoms with van der Waals surface area (Å²) in [6.07, 6.45) is 9.96. The monoisotopic (exact) mass is 379 g/mol. The smallest absolute Gasteiger partial charge is 0.251 e. The second-order valence-electron chi connectivity index (χ2n) is 8.36. The van der Waals surface area contributed by atoms with Gasteiger partial charge in [-0.1, -0.05) is 6.42 Å². The van der Waals surface area contributed by atoms with Crippen LogP contribution in [0.1, 0.15) is 65.8 Å². The number of hydrogen-bond acceptors (Lipinski definition) is 2. The van der Waals surface area contributed by atoms with E-state index in [9.17, 15) is 4.79 Å². The average molecular weight is 380 g/mol. The fourth-order valence-corrected chi connectivity index (χ4v) is 4.76. The molecule has 1 N–H and O–H groups in total. The minimum atomic E-state index is 0.0384. The molecule has 2 aliphatic rings. The van der Waals surface area contributed by atoms with E-state index in [1.54, 1.807) is 0 Å². The Labute approximate surface area is 168 Å². The average Bonchev–Trinajstić information content (AvgIpc) is 3.07. The van der Waals surface area contributed by atoms with Crippen LogP contribution in [0.5, 0.6) is 0 Å². The Kier molecular flexibility index (Phi) is 6.16. The van der Waals surface area contributed by atoms with Gasteiger partial charge in [0.15, 0.2) is 0 Å². The minimum Gasteiger partial charge on any atom is -0.352 e. The van der Waals surface area contributed by atoms with Crippen molar-refractivity contribution in [3.05, 3.63) is 52.8 Å². The Balaban J connectivity index is 1.33. The van der Waals surface area contributed by atoms with Crippen molar-refractivity contribution in [1.29, 1.82) is 0 Å². The summed E-state index contributed by atoms with van der Waals surface area (Å²) in [4.78, 5) is 15.0. The van der Waals surface area contributed by atoms with E-state index in [4.69, 9.17) is 0 Å². The van der Waals surface area contributed by atoms with Gasteiger partial charge in [-0.05, 0) is 107 Å². The SMILES string of the molecule is Cc1cc2c(n1-c1ccc(C(=O)NCCCN3CCCCC3)cc1)CCCC2. The Bertz CT molecular complexity index is 800. The molecule has 4 nitrogen and oxygen atoms in total. The molecule has 0 atom stereocenters. The molecule has 0 bridgehead atoms. The first-order valence-corrected chi connectivity index (χ1v) is 11.0. The topological polar surface area (TPSA) is 37.3 Å². The maximum absolute atomic E-state index is 12.5. The second kappa shape index (κ2) is 8.95. The van der Waals surface area contributed by atoms with Gasteiger partial charge in [0.2, 0.25) is 0 Å². The van der Waals surface area contributed by atoms with Gasteiger partial charge in [0, 0.05) is 29.2 Å². The van der Waals surface area contributed by atoms with Gasteiger partial charge in [0.25, 0.3) is 5.91 Å². The number of amides is 1. The van der Waals surface area contributed by atoms with Crippen molar-refractivity contribution in [2.45, 2.75) is 58.3 Å². The first-order valence-electron chi connectivity index (χ1n) is 11.0. The number of piperidine rings is 1. The van der Waals surface area contributed by atoms with E-state index in [-0.39, 0.29) is 5.91 Å². The van der Waals surface area contributed by atoms with E-state index in [1.165, 1.54) is 74.3 Å². The molecule has 1 amide bonds. The molecular weight excluding hydrogens is 346 g/mol. The van der Waals surface area contributed by atoms with Crippen molar-refractivity contribution in [1.82, 2.24) is 14.8 Å². The van der Waals surface area contributed by atoms with Crippen LogP contribution in [0, 0.1) is 6.92 Å². The van der Waals surface area contributed by atoms with Crippen LogP contribution in [0.15, 0.2) is 30.3 Å². The predicted molar refractivity (Wildman–Crippen MR) is 114 cm³/mol. The van der Waals surface area contributed by atoms with Crippen LogP contribution in [-0.2, 0) is 12.8 Å². The fraction of sp³-hybridized carbons (Fsp3) is 0.542. The number of aromatic nitrogens is 1. The summed E-state index contributed by atoms with van der Waals surface area (Å²) in [5.41, 5.74) is 6.17. The lowest BCUT2D eigenvalue weighted by molar-refractivity contribution is 0.0951. The molecule has 1 aromatic carbocycles. The number of benzene rings is 1. The number of aryl methyl sites for hydroxylation is 2. The van der Waals surface area contributed by atoms with Gasteiger partial charge in [-0.3, -0.25) is 4.79 Å². The summed E-state index contributed by atoms with van der Waals surface area (Å²) < 4.78 is 2.37. The Morgan fingerprint density at radius 2 is 1.75 bits per heavy atom. The summed E-state index contributed by atoms with van der Waals surface area (Å²) in [6.45, 7) is 6.47. The van der Waals surface area contributed by atoms with Crippen LogP contribution in [0.25, 0.3) is 5.69 Å². The standard InChI is InChI=1S/C24H33N3O/c1-19-18-21-8-3-4-9-23(21)27(19)22-12-10-20(11-13-22)24(28)25-14-7-17-26-15-5-2-6-16-26/h10-13,18H,2-9,14-17H2,1H3,(H,25,28). The summed E-state index contributed by atoms with van der Waals surface area (Å²) in [7, 11) is 0. The number of carbonyl (C=O) groups is 1. The third-order valence-electron chi connectivity index (χ3n) is 6.26. The number of nitrogens with zero attached hydrogens (tertiary/aromatic N) is 2. The fourth-order valence-electron chi connectivity index (χ4n) is 4.76. The van der Waals surface area contributed by atoms with Gasteiger partial charge >= 0.3 is 0 Å². The number of nitrogens with one attached hydrogen (secondary N) is 1. The van der Waals surface area contributed by atoms with E-state index in [0.29, 0.717) is 0 Å². The summed E-state index contributed by atoms with van der Waals surface area (Å²) in [6, 6.07) is 10.4. The highest BCUT2D eigenvalue weighted by molar-refractivity contribution is 5.94. The van der Waals surface area contributed by atoms with Crippen LogP contribution in [0.3, 0.4) is 0 Å². The lowest BCUT2D eigenvalue weighted by atomic mass is 9.98. The molecular formula is C24H33N3O. The number of likely N-dealkylation sites (tertiary alicyclic amines) is 1. The van der Waals surface area contributed by atoms with Crippen molar-refractivity contribution < 1.29 is 4.79 Å². The number of hydrogen-bond donors (Lipinski definition) is 1. The van der Waals surface area contributed by atoms with Crippen molar-refractivity contribution in [3.63, 3.8) is 0 Å². The van der Waals surface area contributed by atoms with Crippen LogP contribution in [-0.4, -0.2) is 41.6 Å². The maximum Gasteiger partial charge on any atom is 0.251 e. The van der Waals surface area contributed by atoms with Gasteiger partial charge in [-0.15, -0.1) is 0 Å². The molecule has 1 aliphatic heterocycles. The molecule has 0 saturated carbocycles. The molecule has 150 valence electrons. The largest absolute Gasteiger partial charge is 0.352 e. The Morgan fingerprint density at radius 3 is 2.54 bits per heavy atom. The lowest BCUT2D eigenvalue weighted by Crippen LogP contribution is -2.33. The lowest BCUT2D eigenvalue weighted by Gasteiger charge is -2.26. The summed E-state index contributed by atoms with van der Waals surface area (Å²) in [5, 5.41) is 3.08. The number of carbonyl (C=O) groups excluding carboxylic acids is 1. The molecule has 0 spiro atoms. The van der Waals surface area contributed by atoms with E-state index in [0.717, 1.165) is 31.5 Å². The molecule has 1 saturated heterocycles. The molecule has 1 aliphatic carbocycles. The first kappa shape index (κ1) is 19.3. The zero-order valence-electron chi connectivity index (χ0n) is 17.2. The van der Waals surface area contributed by atoms with E-state index in [2.05, 4.69) is 39.9 Å². The molecule has 2 heterocycles. The highest BCUT2D eigenvalue weighted by Crippen LogP contribution is 2.28. The third-order valence-corrected chi connectivity index (χ3v) is 6.26. The van der Waals surface area contributed by atoms with Crippen molar-refractivity contribution in [2.24, 2.45) is 0 Å². The Hall–Kier alpha value is -2.07. The summed E-state index contributed by atoms with van der Waals surface area (Å²) in [5.74, 6) is 0.0384. The van der Waals surface area contributed by atoms with Gasteiger partial charge in [-0.25, -0.2) is 0 Å². The molecule has 28 heavy (non-hydrogen) atoms. The number of fused-ring (bicyclic) bond motifs is 1. The second-order valence-corrected chi connectivity index (χ2v) is 8.36. The van der Waals surface area contributed by atoms with E-state index >= 15 is 0 Å². The van der Waals surface area contributed by atoms with E-state index in [1.807, 2.05) is 12.1 Å². The third kappa shape index (κ3) is 4.33. The van der Waals surface area contributed by atoms with Gasteiger partial charge < -0.3 is 14.8 Å². The highest BCUT2D eigenvalue weighted by atomic mass is 16.1. The van der Waals surface area contributed by atoms with Crippen molar-refractivity contribution in [2.75, 3.05) is 26.2 Å². The minimum absolute atomic E-state index is 0.0384. The van der Waals surface area contributed by atoms with Crippen LogP contribution >= 0.6 is 0 Å². The van der Waals surface area contributed by atoms with Crippen LogP contribution in [0.2, 0.25) is 0 Å². The van der Waals surface area contributed by atoms with Crippen molar-refractivity contribution in [3.8, 4) is 5.69 Å². The Morgan fingerprint density at radius 1 is 1.00 bits per heavy atom. The maximum atomic E-state index is 12.5. The normalized spacial score (nSPS) is 17.3.